The Balaban J connectivity index is 2.67. The first kappa shape index (κ1) is 16.5. The molecule has 0 amide bonds. The summed E-state index contributed by atoms with van der Waals surface area (Å²) in [6.45, 7) is 6.69. The highest BCUT2D eigenvalue weighted by molar-refractivity contribution is 7.05. The Morgan fingerprint density at radius 1 is 1.26 bits per heavy atom. The van der Waals surface area contributed by atoms with Gasteiger partial charge in [-0.3, -0.25) is 11.3 Å². The van der Waals surface area contributed by atoms with Crippen molar-refractivity contribution in [2.24, 2.45) is 11.8 Å². The molecule has 0 aromatic carbocycles. The molecule has 3 N–H and O–H groups in total. The monoisotopic (exact) mass is 284 g/mol. The van der Waals surface area contributed by atoms with E-state index in [4.69, 9.17) is 5.84 Å². The Morgan fingerprint density at radius 2 is 2.05 bits per heavy atom. The topological polar surface area (TPSA) is 63.8 Å². The van der Waals surface area contributed by atoms with Crippen molar-refractivity contribution in [3.63, 3.8) is 0 Å². The number of hydrogen-bond donors (Lipinski definition) is 2. The average molecular weight is 284 g/mol. The number of hydrogen-bond acceptors (Lipinski definition) is 5. The molecule has 5 heteroatoms. The summed E-state index contributed by atoms with van der Waals surface area (Å²) < 4.78 is 4.10. The number of nitrogens with one attached hydrogen (secondary N) is 1. The van der Waals surface area contributed by atoms with Crippen molar-refractivity contribution >= 4 is 11.5 Å². The molecule has 4 nitrogen and oxygen atoms in total. The van der Waals surface area contributed by atoms with Crippen LogP contribution in [0, 0.1) is 5.92 Å². The number of unbranched alkanes of at least 4 members (excludes halogenated alkanes) is 1. The molecule has 0 radical (unpaired) electrons. The van der Waals surface area contributed by atoms with E-state index < -0.39 is 0 Å². The Morgan fingerprint density at radius 3 is 2.63 bits per heavy atom. The number of nitrogens with zero attached hydrogens (tertiary/aromatic N) is 2. The fourth-order valence-corrected chi connectivity index (χ4v) is 3.22. The molecule has 1 aromatic rings. The molecule has 0 saturated heterocycles. The molecular formula is C14H28N4S. The highest BCUT2D eigenvalue weighted by Gasteiger charge is 2.21. The quantitative estimate of drug-likeness (QED) is 0.509. The van der Waals surface area contributed by atoms with Crippen molar-refractivity contribution < 1.29 is 0 Å². The predicted octanol–water partition coefficient (Wildman–Crippen LogP) is 3.60. The van der Waals surface area contributed by atoms with Gasteiger partial charge >= 0.3 is 0 Å². The smallest absolute Gasteiger partial charge is 0.0804 e. The van der Waals surface area contributed by atoms with E-state index in [0.29, 0.717) is 0 Å². The normalized spacial score (nSPS) is 14.5. The van der Waals surface area contributed by atoms with Gasteiger partial charge < -0.3 is 0 Å². The zero-order chi connectivity index (χ0) is 14.1. The van der Waals surface area contributed by atoms with E-state index in [1.165, 1.54) is 42.1 Å². The van der Waals surface area contributed by atoms with Gasteiger partial charge in [0.15, 0.2) is 0 Å². The van der Waals surface area contributed by atoms with Gasteiger partial charge in [0.05, 0.1) is 16.6 Å². The van der Waals surface area contributed by atoms with Crippen LogP contribution in [0.3, 0.4) is 0 Å². The second kappa shape index (κ2) is 9.39. The molecule has 1 heterocycles. The van der Waals surface area contributed by atoms with E-state index in [0.717, 1.165) is 30.9 Å². The minimum atomic E-state index is 0.211. The molecular weight excluding hydrogens is 256 g/mol. The summed E-state index contributed by atoms with van der Waals surface area (Å²) >= 11 is 1.49. The third-order valence-electron chi connectivity index (χ3n) is 3.70. The fourth-order valence-electron chi connectivity index (χ4n) is 2.46. The van der Waals surface area contributed by atoms with Crippen molar-refractivity contribution in [1.82, 2.24) is 15.0 Å². The van der Waals surface area contributed by atoms with E-state index >= 15 is 0 Å². The Kier molecular flexibility index (Phi) is 8.18. The van der Waals surface area contributed by atoms with Gasteiger partial charge in [0, 0.05) is 0 Å². The summed E-state index contributed by atoms with van der Waals surface area (Å²) in [5.41, 5.74) is 4.10. The summed E-state index contributed by atoms with van der Waals surface area (Å²) in [6.07, 6.45) is 8.26. The maximum Gasteiger partial charge on any atom is 0.0804 e. The summed E-state index contributed by atoms with van der Waals surface area (Å²) in [5, 5.41) is 4.24. The van der Waals surface area contributed by atoms with E-state index in [-0.39, 0.29) is 6.04 Å². The summed E-state index contributed by atoms with van der Waals surface area (Å²) in [4.78, 5) is 1.24. The van der Waals surface area contributed by atoms with Crippen LogP contribution >= 0.6 is 11.5 Å². The molecule has 0 aliphatic heterocycles. The molecule has 19 heavy (non-hydrogen) atoms. The van der Waals surface area contributed by atoms with E-state index in [2.05, 4.69) is 35.8 Å². The lowest BCUT2D eigenvalue weighted by atomic mass is 9.91. The first-order valence-corrected chi connectivity index (χ1v) is 8.31. The van der Waals surface area contributed by atoms with Crippen molar-refractivity contribution in [2.45, 2.75) is 71.8 Å². The van der Waals surface area contributed by atoms with Crippen molar-refractivity contribution in [3.05, 3.63) is 10.6 Å². The van der Waals surface area contributed by atoms with Crippen LogP contribution in [0.4, 0.5) is 0 Å². The van der Waals surface area contributed by atoms with Crippen molar-refractivity contribution in [3.8, 4) is 0 Å². The van der Waals surface area contributed by atoms with Crippen LogP contribution in [-0.2, 0) is 6.42 Å². The zero-order valence-corrected chi connectivity index (χ0v) is 13.3. The number of nitrogens with two attached hydrogens (primary N) is 1. The molecule has 1 aromatic heterocycles. The molecule has 110 valence electrons. The Labute approximate surface area is 121 Å². The van der Waals surface area contributed by atoms with Crippen LogP contribution in [-0.4, -0.2) is 9.59 Å². The summed E-state index contributed by atoms with van der Waals surface area (Å²) in [5.74, 6) is 6.50. The standard InChI is InChI=1S/C14H28N4S/c1-4-7-9-11(6-3)10-13(16-15)14-12(8-5-2)17-18-19-14/h11,13,16H,4-10,15H2,1-3H3. The van der Waals surface area contributed by atoms with Crippen LogP contribution in [0.1, 0.15) is 75.9 Å². The van der Waals surface area contributed by atoms with E-state index in [1.807, 2.05) is 0 Å². The molecule has 1 rings (SSSR count). The third-order valence-corrected chi connectivity index (χ3v) is 4.58. The van der Waals surface area contributed by atoms with Gasteiger partial charge in [-0.25, -0.2) is 0 Å². The van der Waals surface area contributed by atoms with Gasteiger partial charge in [-0.1, -0.05) is 57.4 Å². The molecule has 0 bridgehead atoms. The molecule has 0 aliphatic rings. The SMILES string of the molecule is CCCCC(CC)CC(NN)c1snnc1CCC. The van der Waals surface area contributed by atoms with Crippen LogP contribution in [0.15, 0.2) is 0 Å². The minimum Gasteiger partial charge on any atom is -0.271 e. The van der Waals surface area contributed by atoms with Gasteiger partial charge in [0.2, 0.25) is 0 Å². The minimum absolute atomic E-state index is 0.211. The second-order valence-corrected chi connectivity index (χ2v) is 5.99. The number of rotatable bonds is 10. The number of hydrazine groups is 1. The van der Waals surface area contributed by atoms with E-state index in [9.17, 15) is 0 Å². The van der Waals surface area contributed by atoms with Crippen LogP contribution < -0.4 is 11.3 Å². The molecule has 0 aliphatic carbocycles. The fraction of sp³-hybridized carbons (Fsp3) is 0.857. The molecule has 2 unspecified atom stereocenters. The maximum absolute atomic E-state index is 5.76. The zero-order valence-electron chi connectivity index (χ0n) is 12.5. The lowest BCUT2D eigenvalue weighted by Crippen LogP contribution is -2.29. The first-order valence-electron chi connectivity index (χ1n) is 7.53. The highest BCUT2D eigenvalue weighted by Crippen LogP contribution is 2.29. The largest absolute Gasteiger partial charge is 0.271 e. The van der Waals surface area contributed by atoms with Crippen molar-refractivity contribution in [1.29, 1.82) is 0 Å². The van der Waals surface area contributed by atoms with Gasteiger partial charge in [0.25, 0.3) is 0 Å². The summed E-state index contributed by atoms with van der Waals surface area (Å²) in [6, 6.07) is 0.211. The number of aryl methyl sites for hydroxylation is 1. The Bertz CT molecular complexity index is 340. The molecule has 2 atom stereocenters. The van der Waals surface area contributed by atoms with Crippen molar-refractivity contribution in [2.75, 3.05) is 0 Å². The maximum atomic E-state index is 5.76. The lowest BCUT2D eigenvalue weighted by molar-refractivity contribution is 0.358. The van der Waals surface area contributed by atoms with Crippen LogP contribution in [0.5, 0.6) is 0 Å². The first-order chi connectivity index (χ1) is 9.26. The average Bonchev–Trinajstić information content (AvgIpc) is 2.88. The van der Waals surface area contributed by atoms with E-state index in [1.54, 1.807) is 0 Å². The Hall–Kier alpha value is -0.520. The molecule has 0 fully saturated rings. The third kappa shape index (κ3) is 5.16. The highest BCUT2D eigenvalue weighted by atomic mass is 32.1. The summed E-state index contributed by atoms with van der Waals surface area (Å²) in [7, 11) is 0. The predicted molar refractivity (Wildman–Crippen MR) is 81.9 cm³/mol. The molecule has 0 spiro atoms. The van der Waals surface area contributed by atoms with Crippen LogP contribution in [0.25, 0.3) is 0 Å². The van der Waals surface area contributed by atoms with Gasteiger partial charge in [-0.15, -0.1) is 5.10 Å². The van der Waals surface area contributed by atoms with Gasteiger partial charge in [-0.05, 0) is 30.3 Å². The molecule has 0 saturated carbocycles. The van der Waals surface area contributed by atoms with Gasteiger partial charge in [-0.2, -0.15) is 0 Å². The van der Waals surface area contributed by atoms with Crippen LogP contribution in [0.2, 0.25) is 0 Å². The number of aromatic nitrogens is 2. The van der Waals surface area contributed by atoms with Gasteiger partial charge in [0.1, 0.15) is 0 Å². The lowest BCUT2D eigenvalue weighted by Gasteiger charge is -2.21. The second-order valence-electron chi connectivity index (χ2n) is 5.21.